The van der Waals surface area contributed by atoms with Crippen molar-refractivity contribution in [2.24, 2.45) is 0 Å². The van der Waals surface area contributed by atoms with Gasteiger partial charge in [-0.2, -0.15) is 0 Å². The van der Waals surface area contributed by atoms with E-state index in [2.05, 4.69) is 20.7 Å². The number of aryl methyl sites for hydroxylation is 1. The molecule has 18 heavy (non-hydrogen) atoms. The van der Waals surface area contributed by atoms with Gasteiger partial charge >= 0.3 is 0 Å². The van der Waals surface area contributed by atoms with E-state index in [1.54, 1.807) is 18.2 Å². The van der Waals surface area contributed by atoms with Crippen molar-refractivity contribution in [2.75, 3.05) is 4.72 Å². The van der Waals surface area contributed by atoms with Crippen molar-refractivity contribution < 1.29 is 13.5 Å². The van der Waals surface area contributed by atoms with Crippen LogP contribution < -0.4 is 4.72 Å². The minimum absolute atomic E-state index is 0.0974. The quantitative estimate of drug-likeness (QED) is 0.837. The average molecular weight is 348 g/mol. The molecular weight excluding hydrogens is 338 g/mol. The van der Waals surface area contributed by atoms with Crippen LogP contribution in [0.5, 0.6) is 5.75 Å². The van der Waals surface area contributed by atoms with E-state index in [1.165, 1.54) is 12.1 Å². The molecule has 0 spiro atoms. The summed E-state index contributed by atoms with van der Waals surface area (Å²) in [5.41, 5.74) is 1.04. The monoisotopic (exact) mass is 347 g/mol. The normalized spacial score (nSPS) is 11.4. The number of rotatable bonds is 3. The molecule has 0 aliphatic heterocycles. The fraction of sp³-hybridized carbons (Fsp3) is 0.0909. The van der Waals surface area contributed by atoms with E-state index in [1.807, 2.05) is 6.92 Å². The number of phenols is 1. The number of hydrogen-bond acceptors (Lipinski definition) is 4. The first-order chi connectivity index (χ1) is 8.38. The first kappa shape index (κ1) is 13.4. The number of hydrogen-bond donors (Lipinski definition) is 2. The van der Waals surface area contributed by atoms with Crippen LogP contribution in [0.4, 0.5) is 5.69 Å². The Kier molecular flexibility index (Phi) is 3.65. The Bertz CT molecular complexity index is 679. The number of thiophene rings is 1. The zero-order chi connectivity index (χ0) is 13.3. The Morgan fingerprint density at radius 1 is 1.28 bits per heavy atom. The molecule has 2 rings (SSSR count). The first-order valence-corrected chi connectivity index (χ1v) is 8.05. The molecule has 2 N–H and O–H groups in total. The van der Waals surface area contributed by atoms with Crippen LogP contribution in [0.2, 0.25) is 0 Å². The van der Waals surface area contributed by atoms with E-state index in [0.717, 1.165) is 20.7 Å². The van der Waals surface area contributed by atoms with Crippen LogP contribution in [0, 0.1) is 6.92 Å². The number of nitrogens with one attached hydrogen (secondary N) is 1. The van der Waals surface area contributed by atoms with Gasteiger partial charge < -0.3 is 5.11 Å². The SMILES string of the molecule is Cc1ccc(O)c(NS(=O)(=O)c2ccc(Br)s2)c1. The van der Waals surface area contributed by atoms with Gasteiger partial charge in [-0.3, -0.25) is 4.72 Å². The van der Waals surface area contributed by atoms with Crippen LogP contribution >= 0.6 is 27.3 Å². The van der Waals surface area contributed by atoms with Crippen molar-refractivity contribution in [1.29, 1.82) is 0 Å². The number of anilines is 1. The smallest absolute Gasteiger partial charge is 0.271 e. The lowest BCUT2D eigenvalue weighted by atomic mass is 10.2. The fourth-order valence-corrected chi connectivity index (χ4v) is 4.44. The van der Waals surface area contributed by atoms with Gasteiger partial charge in [0.05, 0.1) is 9.47 Å². The molecular formula is C11H10BrNO3S2. The second-order valence-electron chi connectivity index (χ2n) is 3.68. The number of aromatic hydroxyl groups is 1. The van der Waals surface area contributed by atoms with Gasteiger partial charge in [0.1, 0.15) is 9.96 Å². The Morgan fingerprint density at radius 3 is 2.61 bits per heavy atom. The molecule has 0 amide bonds. The minimum atomic E-state index is -3.65. The molecule has 0 bridgehead atoms. The molecule has 0 radical (unpaired) electrons. The molecule has 0 aliphatic carbocycles. The first-order valence-electron chi connectivity index (χ1n) is 4.96. The molecule has 1 aromatic heterocycles. The van der Waals surface area contributed by atoms with Crippen molar-refractivity contribution in [3.63, 3.8) is 0 Å². The predicted octanol–water partition coefficient (Wildman–Crippen LogP) is 3.33. The van der Waals surface area contributed by atoms with E-state index in [-0.39, 0.29) is 15.6 Å². The third-order valence-electron chi connectivity index (χ3n) is 2.21. The highest BCUT2D eigenvalue weighted by molar-refractivity contribution is 9.11. The average Bonchev–Trinajstić information content (AvgIpc) is 2.71. The lowest BCUT2D eigenvalue weighted by molar-refractivity contribution is 0.477. The molecule has 1 heterocycles. The van der Waals surface area contributed by atoms with Crippen LogP contribution in [0.25, 0.3) is 0 Å². The summed E-state index contributed by atoms with van der Waals surface area (Å²) in [6.45, 7) is 1.82. The second kappa shape index (κ2) is 4.91. The third-order valence-corrected chi connectivity index (χ3v) is 5.69. The summed E-state index contributed by atoms with van der Waals surface area (Å²) < 4.78 is 27.4. The molecule has 4 nitrogen and oxygen atoms in total. The van der Waals surface area contributed by atoms with Crippen LogP contribution in [0.1, 0.15) is 5.56 Å². The van der Waals surface area contributed by atoms with Gasteiger partial charge in [0, 0.05) is 0 Å². The highest BCUT2D eigenvalue weighted by atomic mass is 79.9. The van der Waals surface area contributed by atoms with Crippen molar-refractivity contribution >= 4 is 43.0 Å². The highest BCUT2D eigenvalue weighted by Gasteiger charge is 2.18. The number of halogens is 1. The van der Waals surface area contributed by atoms with E-state index in [4.69, 9.17) is 0 Å². The summed E-state index contributed by atoms with van der Waals surface area (Å²) in [7, 11) is -3.65. The van der Waals surface area contributed by atoms with E-state index in [0.29, 0.717) is 0 Å². The molecule has 1 aromatic carbocycles. The van der Waals surface area contributed by atoms with Gasteiger partial charge in [0.25, 0.3) is 10.0 Å². The molecule has 7 heteroatoms. The minimum Gasteiger partial charge on any atom is -0.506 e. The van der Waals surface area contributed by atoms with E-state index in [9.17, 15) is 13.5 Å². The zero-order valence-electron chi connectivity index (χ0n) is 9.34. The summed E-state index contributed by atoms with van der Waals surface area (Å²) in [5.74, 6) is -0.0974. The molecule has 0 saturated carbocycles. The van der Waals surface area contributed by atoms with Gasteiger partial charge in [-0.25, -0.2) is 8.42 Å². The lowest BCUT2D eigenvalue weighted by Gasteiger charge is -2.08. The molecule has 2 aromatic rings. The van der Waals surface area contributed by atoms with Gasteiger partial charge in [-0.15, -0.1) is 11.3 Å². The highest BCUT2D eigenvalue weighted by Crippen LogP contribution is 2.30. The Hall–Kier alpha value is -1.05. The van der Waals surface area contributed by atoms with Crippen LogP contribution in [-0.2, 0) is 10.0 Å². The summed E-state index contributed by atoms with van der Waals surface area (Å²) in [6.07, 6.45) is 0. The lowest BCUT2D eigenvalue weighted by Crippen LogP contribution is -2.11. The van der Waals surface area contributed by atoms with Gasteiger partial charge in [-0.05, 0) is 52.7 Å². The summed E-state index contributed by atoms with van der Waals surface area (Å²) in [5, 5.41) is 9.62. The van der Waals surface area contributed by atoms with Crippen molar-refractivity contribution in [1.82, 2.24) is 0 Å². The zero-order valence-corrected chi connectivity index (χ0v) is 12.6. The summed E-state index contributed by atoms with van der Waals surface area (Å²) >= 11 is 4.32. The summed E-state index contributed by atoms with van der Waals surface area (Å²) in [6, 6.07) is 7.90. The standard InChI is InChI=1S/C11H10BrNO3S2/c1-7-2-3-9(14)8(6-7)13-18(15,16)11-5-4-10(12)17-11/h2-6,13-14H,1H3. The number of phenolic OH excluding ortho intramolecular Hbond substituents is 1. The second-order valence-corrected chi connectivity index (χ2v) is 8.06. The van der Waals surface area contributed by atoms with Gasteiger partial charge in [-0.1, -0.05) is 6.07 Å². The molecule has 0 atom stereocenters. The maximum Gasteiger partial charge on any atom is 0.271 e. The number of benzene rings is 1. The summed E-state index contributed by atoms with van der Waals surface area (Å²) in [4.78, 5) is 0. The Morgan fingerprint density at radius 2 is 2.00 bits per heavy atom. The molecule has 96 valence electrons. The van der Waals surface area contributed by atoms with Crippen LogP contribution in [0.3, 0.4) is 0 Å². The largest absolute Gasteiger partial charge is 0.506 e. The molecule has 0 saturated heterocycles. The molecule has 0 aliphatic rings. The van der Waals surface area contributed by atoms with Crippen molar-refractivity contribution in [2.45, 2.75) is 11.1 Å². The van der Waals surface area contributed by atoms with Crippen molar-refractivity contribution in [3.05, 3.63) is 39.7 Å². The van der Waals surface area contributed by atoms with Gasteiger partial charge in [0.15, 0.2) is 0 Å². The van der Waals surface area contributed by atoms with Crippen LogP contribution in [-0.4, -0.2) is 13.5 Å². The Balaban J connectivity index is 2.36. The van der Waals surface area contributed by atoms with Gasteiger partial charge in [0.2, 0.25) is 0 Å². The Labute approximate surface area is 117 Å². The van der Waals surface area contributed by atoms with E-state index >= 15 is 0 Å². The van der Waals surface area contributed by atoms with E-state index < -0.39 is 10.0 Å². The maximum atomic E-state index is 12.0. The predicted molar refractivity (Wildman–Crippen MR) is 75.7 cm³/mol. The molecule has 0 unspecified atom stereocenters. The van der Waals surface area contributed by atoms with Crippen LogP contribution in [0.15, 0.2) is 38.3 Å². The van der Waals surface area contributed by atoms with Crippen molar-refractivity contribution in [3.8, 4) is 5.75 Å². The number of sulfonamides is 1. The maximum absolute atomic E-state index is 12.0. The molecule has 0 fully saturated rings. The third kappa shape index (κ3) is 2.85. The topological polar surface area (TPSA) is 66.4 Å². The fourth-order valence-electron chi connectivity index (χ4n) is 1.37.